The van der Waals surface area contributed by atoms with E-state index in [0.29, 0.717) is 26.4 Å². The Hall–Kier alpha value is -3.14. The smallest absolute Gasteiger partial charge is 0.273 e. The highest BCUT2D eigenvalue weighted by Crippen LogP contribution is 2.11. The molecule has 0 fully saturated rings. The van der Waals surface area contributed by atoms with Crippen molar-refractivity contribution in [1.82, 2.24) is 9.88 Å². The van der Waals surface area contributed by atoms with Crippen LogP contribution in [-0.4, -0.2) is 17.0 Å². The molecule has 30 heavy (non-hydrogen) atoms. The minimum Gasteiger partial charge on any atom is -0.351 e. The number of thiazole rings is 1. The Morgan fingerprint density at radius 2 is 2.00 bits per heavy atom. The lowest BCUT2D eigenvalue weighted by Gasteiger charge is -2.05. The van der Waals surface area contributed by atoms with Crippen molar-refractivity contribution in [2.24, 2.45) is 0 Å². The number of rotatable bonds is 6. The Labute approximate surface area is 183 Å². The van der Waals surface area contributed by atoms with Gasteiger partial charge in [-0.3, -0.25) is 14.2 Å². The second-order valence-electron chi connectivity index (χ2n) is 6.54. The number of aromatic nitrogens is 1. The normalized spacial score (nSPS) is 12.4. The fourth-order valence-corrected chi connectivity index (χ4v) is 4.17. The fourth-order valence-electron chi connectivity index (χ4n) is 2.87. The van der Waals surface area contributed by atoms with Gasteiger partial charge in [-0.25, -0.2) is 0 Å². The van der Waals surface area contributed by atoms with Crippen molar-refractivity contribution in [3.8, 4) is 11.8 Å². The number of nitrogens with zero attached hydrogens (tertiary/aromatic N) is 2. The van der Waals surface area contributed by atoms with Crippen LogP contribution in [-0.2, 0) is 4.79 Å². The molecule has 0 atom stereocenters. The highest BCUT2D eigenvalue weighted by atomic mass is 35.5. The van der Waals surface area contributed by atoms with Gasteiger partial charge in [-0.1, -0.05) is 55.3 Å². The molecule has 1 amide bonds. The van der Waals surface area contributed by atoms with E-state index in [2.05, 4.69) is 5.32 Å². The third kappa shape index (κ3) is 4.88. The highest BCUT2D eigenvalue weighted by molar-refractivity contribution is 7.07. The van der Waals surface area contributed by atoms with Gasteiger partial charge in [0.1, 0.15) is 10.7 Å². The van der Waals surface area contributed by atoms with Gasteiger partial charge in [0.25, 0.3) is 11.5 Å². The molecule has 5 nitrogen and oxygen atoms in total. The molecule has 2 aromatic carbocycles. The van der Waals surface area contributed by atoms with Crippen molar-refractivity contribution >= 4 is 40.5 Å². The van der Waals surface area contributed by atoms with Crippen LogP contribution in [0.5, 0.6) is 0 Å². The molecule has 152 valence electrons. The molecule has 3 rings (SSSR count). The average Bonchev–Trinajstić information content (AvgIpc) is 3.05. The van der Waals surface area contributed by atoms with E-state index in [9.17, 15) is 14.9 Å². The SMILES string of the molecule is CCCCNC(=O)/C(C#N)=c1\s/c(=C\c2cccc(Cl)c2)c(=O)n1-c1ccccc1. The van der Waals surface area contributed by atoms with Crippen LogP contribution >= 0.6 is 22.9 Å². The van der Waals surface area contributed by atoms with Crippen molar-refractivity contribution in [1.29, 1.82) is 5.26 Å². The van der Waals surface area contributed by atoms with E-state index >= 15 is 0 Å². The van der Waals surface area contributed by atoms with Gasteiger partial charge in [0.2, 0.25) is 0 Å². The summed E-state index contributed by atoms with van der Waals surface area (Å²) in [7, 11) is 0. The zero-order valence-electron chi connectivity index (χ0n) is 16.4. The molecule has 0 saturated carbocycles. The lowest BCUT2D eigenvalue weighted by Crippen LogP contribution is -2.34. The molecule has 0 bridgehead atoms. The van der Waals surface area contributed by atoms with Gasteiger partial charge in [-0.15, -0.1) is 11.3 Å². The molecule has 0 unspecified atom stereocenters. The fraction of sp³-hybridized carbons (Fsp3) is 0.174. The molecule has 3 aromatic rings. The number of nitriles is 1. The summed E-state index contributed by atoms with van der Waals surface area (Å²) in [6.07, 6.45) is 3.45. The Kier molecular flexibility index (Phi) is 7.23. The Balaban J connectivity index is 2.27. The molecule has 0 aliphatic rings. The minimum absolute atomic E-state index is 0.0807. The number of unbranched alkanes of at least 4 members (excludes halogenated alkanes) is 1. The molecular formula is C23H20ClN3O2S. The summed E-state index contributed by atoms with van der Waals surface area (Å²) in [4.78, 5) is 25.9. The van der Waals surface area contributed by atoms with Crippen molar-refractivity contribution in [3.05, 3.63) is 84.7 Å². The number of carbonyl (C=O) groups is 1. The maximum atomic E-state index is 13.2. The van der Waals surface area contributed by atoms with E-state index in [1.165, 1.54) is 4.57 Å². The predicted molar refractivity (Wildman–Crippen MR) is 121 cm³/mol. The van der Waals surface area contributed by atoms with E-state index in [1.54, 1.807) is 48.5 Å². The van der Waals surface area contributed by atoms with Crippen molar-refractivity contribution < 1.29 is 4.79 Å². The van der Waals surface area contributed by atoms with Crippen molar-refractivity contribution in [3.63, 3.8) is 0 Å². The molecule has 0 spiro atoms. The van der Waals surface area contributed by atoms with Gasteiger partial charge < -0.3 is 5.32 Å². The number of benzene rings is 2. The molecule has 0 saturated heterocycles. The average molecular weight is 438 g/mol. The van der Waals surface area contributed by atoms with Crippen LogP contribution in [0.4, 0.5) is 0 Å². The van der Waals surface area contributed by atoms with Gasteiger partial charge in [-0.2, -0.15) is 5.26 Å². The van der Waals surface area contributed by atoms with Crippen LogP contribution in [0.15, 0.2) is 59.4 Å². The van der Waals surface area contributed by atoms with Crippen LogP contribution in [0.2, 0.25) is 5.02 Å². The van der Waals surface area contributed by atoms with Gasteiger partial charge in [0, 0.05) is 11.6 Å². The third-order valence-electron chi connectivity index (χ3n) is 4.35. The first-order valence-electron chi connectivity index (χ1n) is 9.52. The Morgan fingerprint density at radius 1 is 1.23 bits per heavy atom. The van der Waals surface area contributed by atoms with Gasteiger partial charge in [0.05, 0.1) is 10.2 Å². The van der Waals surface area contributed by atoms with Gasteiger partial charge in [-0.05, 0) is 42.3 Å². The number of para-hydroxylation sites is 1. The lowest BCUT2D eigenvalue weighted by atomic mass is 10.2. The predicted octanol–water partition coefficient (Wildman–Crippen LogP) is 2.97. The third-order valence-corrected chi connectivity index (χ3v) is 5.68. The van der Waals surface area contributed by atoms with E-state index in [0.717, 1.165) is 29.7 Å². The number of halogens is 1. The zero-order valence-corrected chi connectivity index (χ0v) is 18.0. The molecule has 0 aliphatic heterocycles. The molecule has 1 aromatic heterocycles. The topological polar surface area (TPSA) is 74.9 Å². The second kappa shape index (κ2) is 10.1. The Bertz CT molecular complexity index is 1270. The highest BCUT2D eigenvalue weighted by Gasteiger charge is 2.16. The van der Waals surface area contributed by atoms with Crippen molar-refractivity contribution in [2.45, 2.75) is 19.8 Å². The molecule has 1 heterocycles. The largest absolute Gasteiger partial charge is 0.351 e. The number of hydrogen-bond donors (Lipinski definition) is 1. The monoisotopic (exact) mass is 437 g/mol. The summed E-state index contributed by atoms with van der Waals surface area (Å²) in [5.41, 5.74) is 0.977. The zero-order chi connectivity index (χ0) is 21.5. The summed E-state index contributed by atoms with van der Waals surface area (Å²) in [6.45, 7) is 2.49. The van der Waals surface area contributed by atoms with Gasteiger partial charge in [0.15, 0.2) is 5.57 Å². The second-order valence-corrected chi connectivity index (χ2v) is 8.01. The first kappa shape index (κ1) is 21.6. The summed E-state index contributed by atoms with van der Waals surface area (Å²) in [5.74, 6) is -0.480. The number of carbonyl (C=O) groups excluding carboxylic acids is 1. The molecule has 1 N–H and O–H groups in total. The lowest BCUT2D eigenvalue weighted by molar-refractivity contribution is -0.115. The first-order chi connectivity index (χ1) is 14.5. The Morgan fingerprint density at radius 3 is 2.67 bits per heavy atom. The molecule has 0 radical (unpaired) electrons. The standard InChI is InChI=1S/C23H20ClN3O2S/c1-2-3-12-26-21(28)19(15-25)23-27(18-10-5-4-6-11-18)22(29)20(30-23)14-16-8-7-9-17(24)13-16/h4-11,13-14H,2-3,12H2,1H3,(H,26,28)/b20-14-,23-19-. The van der Waals surface area contributed by atoms with Crippen LogP contribution in [0.1, 0.15) is 25.3 Å². The molecular weight excluding hydrogens is 418 g/mol. The van der Waals surface area contributed by atoms with E-state index in [1.807, 2.05) is 25.1 Å². The van der Waals surface area contributed by atoms with Crippen LogP contribution in [0.25, 0.3) is 17.3 Å². The summed E-state index contributed by atoms with van der Waals surface area (Å²) < 4.78 is 2.13. The van der Waals surface area contributed by atoms with Crippen LogP contribution in [0, 0.1) is 11.3 Å². The molecule has 7 heteroatoms. The van der Waals surface area contributed by atoms with E-state index in [4.69, 9.17) is 11.6 Å². The van der Waals surface area contributed by atoms with Crippen LogP contribution < -0.4 is 20.1 Å². The first-order valence-corrected chi connectivity index (χ1v) is 10.7. The summed E-state index contributed by atoms with van der Waals surface area (Å²) in [6, 6.07) is 18.1. The minimum atomic E-state index is -0.480. The van der Waals surface area contributed by atoms with Crippen LogP contribution in [0.3, 0.4) is 0 Å². The maximum absolute atomic E-state index is 13.2. The van der Waals surface area contributed by atoms with E-state index < -0.39 is 5.91 Å². The number of amides is 1. The number of hydrogen-bond acceptors (Lipinski definition) is 4. The maximum Gasteiger partial charge on any atom is 0.273 e. The van der Waals surface area contributed by atoms with E-state index in [-0.39, 0.29) is 11.1 Å². The number of nitrogens with one attached hydrogen (secondary N) is 1. The quantitative estimate of drug-likeness (QED) is 0.602. The summed E-state index contributed by atoms with van der Waals surface area (Å²) >= 11 is 7.17. The summed E-state index contributed by atoms with van der Waals surface area (Å²) in [5, 5.41) is 13.0. The van der Waals surface area contributed by atoms with Gasteiger partial charge >= 0.3 is 0 Å². The van der Waals surface area contributed by atoms with Crippen molar-refractivity contribution in [2.75, 3.05) is 6.54 Å². The molecule has 0 aliphatic carbocycles.